The van der Waals surface area contributed by atoms with Gasteiger partial charge < -0.3 is 0 Å². The van der Waals surface area contributed by atoms with Crippen LogP contribution in [0, 0.1) is 23.0 Å². The molecule has 2 aromatic rings. The van der Waals surface area contributed by atoms with Crippen LogP contribution < -0.4 is 0 Å². The maximum absolute atomic E-state index is 13.2. The van der Waals surface area contributed by atoms with Gasteiger partial charge in [-0.2, -0.15) is 5.26 Å². The Kier molecular flexibility index (Phi) is 4.56. The zero-order valence-electron chi connectivity index (χ0n) is 10.4. The average Bonchev–Trinajstić information content (AvgIpc) is 2.41. The van der Waals surface area contributed by atoms with Gasteiger partial charge in [0.15, 0.2) is 5.78 Å². The highest BCUT2D eigenvalue weighted by atomic mass is 35.5. The summed E-state index contributed by atoms with van der Waals surface area (Å²) in [5, 5.41) is 9.54. The minimum Gasteiger partial charge on any atom is -0.292 e. The van der Waals surface area contributed by atoms with Gasteiger partial charge in [0.2, 0.25) is 0 Å². The number of carbonyl (C=O) groups excluding carboxylic acids is 1. The van der Waals surface area contributed by atoms with E-state index in [2.05, 4.69) is 0 Å². The molecule has 0 heterocycles. The molecule has 0 aromatic heterocycles. The number of Topliss-reactive ketones (excluding diaryl/α,β-unsaturated/α-hetero) is 1. The largest absolute Gasteiger partial charge is 0.292 e. The average molecular weight is 326 g/mol. The van der Waals surface area contributed by atoms with E-state index in [9.17, 15) is 13.6 Å². The SMILES string of the molecule is N#CC(C(=O)c1cc(Cl)ccc1Cl)c1cc(F)cc(F)c1. The van der Waals surface area contributed by atoms with Gasteiger partial charge in [0.1, 0.15) is 17.6 Å². The van der Waals surface area contributed by atoms with E-state index in [1.807, 2.05) is 0 Å². The van der Waals surface area contributed by atoms with Crippen molar-refractivity contribution in [1.82, 2.24) is 0 Å². The van der Waals surface area contributed by atoms with E-state index in [1.54, 1.807) is 6.07 Å². The molecule has 0 N–H and O–H groups in total. The van der Waals surface area contributed by atoms with Crippen molar-refractivity contribution in [3.05, 3.63) is 69.2 Å². The number of nitrogens with zero attached hydrogens (tertiary/aromatic N) is 1. The highest BCUT2D eigenvalue weighted by Gasteiger charge is 2.25. The molecule has 0 aliphatic carbocycles. The highest BCUT2D eigenvalue weighted by molar-refractivity contribution is 6.36. The van der Waals surface area contributed by atoms with E-state index in [0.717, 1.165) is 12.1 Å². The molecular formula is C15H7Cl2F2NO. The summed E-state index contributed by atoms with van der Waals surface area (Å²) in [6, 6.07) is 8.49. The summed E-state index contributed by atoms with van der Waals surface area (Å²) in [6.45, 7) is 0. The molecule has 2 aromatic carbocycles. The number of nitriles is 1. The maximum Gasteiger partial charge on any atom is 0.186 e. The third-order valence-corrected chi connectivity index (χ3v) is 3.37. The van der Waals surface area contributed by atoms with Crippen LogP contribution in [0.2, 0.25) is 10.0 Å². The zero-order valence-corrected chi connectivity index (χ0v) is 11.9. The summed E-state index contributed by atoms with van der Waals surface area (Å²) in [4.78, 5) is 12.4. The number of benzene rings is 2. The normalized spacial score (nSPS) is 11.8. The first-order valence-corrected chi connectivity index (χ1v) is 6.53. The fourth-order valence-corrected chi connectivity index (χ4v) is 2.25. The van der Waals surface area contributed by atoms with Gasteiger partial charge in [-0.05, 0) is 35.9 Å². The van der Waals surface area contributed by atoms with Crippen molar-refractivity contribution >= 4 is 29.0 Å². The Hall–Kier alpha value is -1.96. The lowest BCUT2D eigenvalue weighted by atomic mass is 9.91. The molecule has 1 unspecified atom stereocenters. The lowest BCUT2D eigenvalue weighted by Crippen LogP contribution is -2.12. The number of ketones is 1. The molecule has 0 fully saturated rings. The van der Waals surface area contributed by atoms with Crippen molar-refractivity contribution in [2.24, 2.45) is 0 Å². The number of rotatable bonds is 3. The summed E-state index contributed by atoms with van der Waals surface area (Å²) in [5.74, 6) is -3.77. The van der Waals surface area contributed by atoms with Crippen molar-refractivity contribution in [3.8, 4) is 6.07 Å². The van der Waals surface area contributed by atoms with Gasteiger partial charge in [-0.3, -0.25) is 4.79 Å². The van der Waals surface area contributed by atoms with E-state index in [-0.39, 0.29) is 21.2 Å². The van der Waals surface area contributed by atoms with Gasteiger partial charge in [0.05, 0.1) is 11.1 Å². The molecule has 6 heteroatoms. The van der Waals surface area contributed by atoms with Crippen molar-refractivity contribution < 1.29 is 13.6 Å². The minimum atomic E-state index is -1.37. The predicted octanol–water partition coefficient (Wildman–Crippen LogP) is 4.76. The number of halogens is 4. The van der Waals surface area contributed by atoms with Crippen molar-refractivity contribution in [3.63, 3.8) is 0 Å². The number of carbonyl (C=O) groups is 1. The molecule has 1 atom stereocenters. The van der Waals surface area contributed by atoms with Crippen molar-refractivity contribution in [1.29, 1.82) is 5.26 Å². The van der Waals surface area contributed by atoms with Crippen LogP contribution in [-0.4, -0.2) is 5.78 Å². The molecule has 0 aliphatic heterocycles. The summed E-state index contributed by atoms with van der Waals surface area (Å²) in [6.07, 6.45) is 0. The predicted molar refractivity (Wildman–Crippen MR) is 75.5 cm³/mol. The molecular weight excluding hydrogens is 319 g/mol. The first kappa shape index (κ1) is 15.4. The maximum atomic E-state index is 13.2. The molecule has 2 rings (SSSR count). The lowest BCUT2D eigenvalue weighted by Gasteiger charge is -2.10. The molecule has 0 saturated carbocycles. The van der Waals surface area contributed by atoms with E-state index >= 15 is 0 Å². The monoisotopic (exact) mass is 325 g/mol. The molecule has 106 valence electrons. The molecule has 0 aliphatic rings. The summed E-state index contributed by atoms with van der Waals surface area (Å²) in [5.41, 5.74) is -0.0450. The molecule has 0 bridgehead atoms. The highest BCUT2D eigenvalue weighted by Crippen LogP contribution is 2.28. The molecule has 2 nitrogen and oxygen atoms in total. The van der Waals surface area contributed by atoms with E-state index < -0.39 is 23.3 Å². The van der Waals surface area contributed by atoms with E-state index in [1.165, 1.54) is 18.2 Å². The minimum absolute atomic E-state index is 0.0281. The van der Waals surface area contributed by atoms with E-state index in [0.29, 0.717) is 6.07 Å². The Morgan fingerprint density at radius 1 is 1.10 bits per heavy atom. The van der Waals surface area contributed by atoms with Crippen molar-refractivity contribution in [2.75, 3.05) is 0 Å². The van der Waals surface area contributed by atoms with Gasteiger partial charge >= 0.3 is 0 Å². The van der Waals surface area contributed by atoms with Crippen LogP contribution >= 0.6 is 23.2 Å². The molecule has 21 heavy (non-hydrogen) atoms. The second kappa shape index (κ2) is 6.21. The third kappa shape index (κ3) is 3.38. The summed E-state index contributed by atoms with van der Waals surface area (Å²) >= 11 is 11.7. The van der Waals surface area contributed by atoms with Crippen LogP contribution in [0.1, 0.15) is 21.8 Å². The number of hydrogen-bond acceptors (Lipinski definition) is 2. The first-order valence-electron chi connectivity index (χ1n) is 5.77. The third-order valence-electron chi connectivity index (χ3n) is 2.80. The fourth-order valence-electron chi connectivity index (χ4n) is 1.87. The summed E-state index contributed by atoms with van der Waals surface area (Å²) in [7, 11) is 0. The lowest BCUT2D eigenvalue weighted by molar-refractivity contribution is 0.0979. The van der Waals surface area contributed by atoms with Gasteiger partial charge in [-0.1, -0.05) is 23.2 Å². The van der Waals surface area contributed by atoms with E-state index in [4.69, 9.17) is 28.5 Å². The van der Waals surface area contributed by atoms with Crippen molar-refractivity contribution in [2.45, 2.75) is 5.92 Å². The fraction of sp³-hybridized carbons (Fsp3) is 0.0667. The Balaban J connectivity index is 2.48. The Morgan fingerprint density at radius 2 is 1.71 bits per heavy atom. The van der Waals surface area contributed by atoms with Crippen LogP contribution in [0.3, 0.4) is 0 Å². The smallest absolute Gasteiger partial charge is 0.186 e. The molecule has 0 radical (unpaired) electrons. The van der Waals surface area contributed by atoms with Crippen LogP contribution in [-0.2, 0) is 0 Å². The Morgan fingerprint density at radius 3 is 2.29 bits per heavy atom. The number of hydrogen-bond donors (Lipinski definition) is 0. The molecule has 0 amide bonds. The second-order valence-electron chi connectivity index (χ2n) is 4.25. The van der Waals surface area contributed by atoms with Crippen LogP contribution in [0.15, 0.2) is 36.4 Å². The summed E-state index contributed by atoms with van der Waals surface area (Å²) < 4.78 is 26.5. The van der Waals surface area contributed by atoms with Crippen LogP contribution in [0.25, 0.3) is 0 Å². The topological polar surface area (TPSA) is 40.9 Å². The Labute approximate surface area is 129 Å². The first-order chi connectivity index (χ1) is 9.92. The zero-order chi connectivity index (χ0) is 15.6. The van der Waals surface area contributed by atoms with Crippen LogP contribution in [0.4, 0.5) is 8.78 Å². The molecule has 0 spiro atoms. The quantitative estimate of drug-likeness (QED) is 0.763. The van der Waals surface area contributed by atoms with Gasteiger partial charge in [0, 0.05) is 16.7 Å². The Bertz CT molecular complexity index is 736. The standard InChI is InChI=1S/C15H7Cl2F2NO/c16-9-1-2-14(17)12(5-9)15(21)13(7-20)8-3-10(18)6-11(19)4-8/h1-6,13H. The van der Waals surface area contributed by atoms with Gasteiger partial charge in [0.25, 0.3) is 0 Å². The van der Waals surface area contributed by atoms with Crippen LogP contribution in [0.5, 0.6) is 0 Å². The van der Waals surface area contributed by atoms with Gasteiger partial charge in [-0.25, -0.2) is 8.78 Å². The second-order valence-corrected chi connectivity index (χ2v) is 5.10. The van der Waals surface area contributed by atoms with Gasteiger partial charge in [-0.15, -0.1) is 0 Å². The molecule has 0 saturated heterocycles.